The first kappa shape index (κ1) is 12.3. The second-order valence-corrected chi connectivity index (χ2v) is 5.35. The van der Waals surface area contributed by atoms with Crippen LogP contribution in [0, 0.1) is 0 Å². The van der Waals surface area contributed by atoms with E-state index in [1.807, 2.05) is 16.3 Å². The van der Waals surface area contributed by atoms with Gasteiger partial charge in [0.2, 0.25) is 5.91 Å². The van der Waals surface area contributed by atoms with Crippen molar-refractivity contribution in [3.05, 3.63) is 22.4 Å². The van der Waals surface area contributed by atoms with E-state index in [0.717, 1.165) is 12.8 Å². The third-order valence-corrected chi connectivity index (χ3v) is 4.08. The predicted octanol–water partition coefficient (Wildman–Crippen LogP) is 2.78. The number of hydrogen-bond donors (Lipinski definition) is 0. The molecule has 0 radical (unpaired) electrons. The molecule has 92 valence electrons. The van der Waals surface area contributed by atoms with Crippen molar-refractivity contribution < 1.29 is 9.59 Å². The summed E-state index contributed by atoms with van der Waals surface area (Å²) < 4.78 is 0. The molecule has 0 N–H and O–H groups in total. The standard InChI is InChI=1S/C13H17NO2S/c1-2-4-11(12-5-3-8-17-12)14-7-6-10(15)9-13(14)16/h3,5,8,11H,2,4,6-7,9H2,1H3. The van der Waals surface area contributed by atoms with Crippen molar-refractivity contribution in [2.75, 3.05) is 6.54 Å². The van der Waals surface area contributed by atoms with Crippen LogP contribution in [-0.4, -0.2) is 23.1 Å². The van der Waals surface area contributed by atoms with Crippen molar-refractivity contribution in [3.8, 4) is 0 Å². The van der Waals surface area contributed by atoms with Crippen molar-refractivity contribution in [2.45, 2.75) is 38.6 Å². The second-order valence-electron chi connectivity index (χ2n) is 4.37. The molecule has 0 aromatic carbocycles. The maximum atomic E-state index is 11.9. The van der Waals surface area contributed by atoms with Gasteiger partial charge in [-0.2, -0.15) is 0 Å². The van der Waals surface area contributed by atoms with E-state index in [0.29, 0.717) is 13.0 Å². The van der Waals surface area contributed by atoms with E-state index in [9.17, 15) is 9.59 Å². The maximum absolute atomic E-state index is 11.9. The van der Waals surface area contributed by atoms with Crippen molar-refractivity contribution in [1.29, 1.82) is 0 Å². The van der Waals surface area contributed by atoms with Gasteiger partial charge < -0.3 is 4.90 Å². The van der Waals surface area contributed by atoms with E-state index in [2.05, 4.69) is 13.0 Å². The van der Waals surface area contributed by atoms with Crippen molar-refractivity contribution in [2.24, 2.45) is 0 Å². The Hall–Kier alpha value is -1.16. The van der Waals surface area contributed by atoms with Crippen LogP contribution in [0.4, 0.5) is 0 Å². The smallest absolute Gasteiger partial charge is 0.230 e. The lowest BCUT2D eigenvalue weighted by Crippen LogP contribution is -2.41. The van der Waals surface area contributed by atoms with Gasteiger partial charge in [0.25, 0.3) is 0 Å². The number of amides is 1. The minimum atomic E-state index is -0.00639. The number of thiophene rings is 1. The van der Waals surface area contributed by atoms with Crippen LogP contribution in [0.5, 0.6) is 0 Å². The lowest BCUT2D eigenvalue weighted by Gasteiger charge is -2.33. The summed E-state index contributed by atoms with van der Waals surface area (Å²) in [6.45, 7) is 2.71. The highest BCUT2D eigenvalue weighted by molar-refractivity contribution is 7.10. The molecule has 1 atom stereocenters. The minimum Gasteiger partial charge on any atom is -0.334 e. The van der Waals surface area contributed by atoms with Crippen LogP contribution in [-0.2, 0) is 9.59 Å². The number of hydrogen-bond acceptors (Lipinski definition) is 3. The number of carbonyl (C=O) groups is 2. The molecule has 0 spiro atoms. The minimum absolute atomic E-state index is 0.00639. The topological polar surface area (TPSA) is 37.4 Å². The van der Waals surface area contributed by atoms with Crippen LogP contribution in [0.2, 0.25) is 0 Å². The number of nitrogens with zero attached hydrogens (tertiary/aromatic N) is 1. The van der Waals surface area contributed by atoms with Gasteiger partial charge in [-0.25, -0.2) is 0 Å². The van der Waals surface area contributed by atoms with E-state index < -0.39 is 0 Å². The normalized spacial score (nSPS) is 18.5. The maximum Gasteiger partial charge on any atom is 0.230 e. The molecule has 17 heavy (non-hydrogen) atoms. The molecule has 3 nitrogen and oxygen atoms in total. The average Bonchev–Trinajstić information content (AvgIpc) is 2.80. The number of likely N-dealkylation sites (tertiary alicyclic amines) is 1. The van der Waals surface area contributed by atoms with Gasteiger partial charge in [-0.3, -0.25) is 9.59 Å². The molecule has 1 amide bonds. The van der Waals surface area contributed by atoms with E-state index in [1.165, 1.54) is 4.88 Å². The van der Waals surface area contributed by atoms with Gasteiger partial charge in [0, 0.05) is 17.8 Å². The van der Waals surface area contributed by atoms with Crippen LogP contribution in [0.25, 0.3) is 0 Å². The Labute approximate surface area is 105 Å². The summed E-state index contributed by atoms with van der Waals surface area (Å²) in [6, 6.07) is 4.26. The molecule has 1 saturated heterocycles. The second kappa shape index (κ2) is 5.45. The summed E-state index contributed by atoms with van der Waals surface area (Å²) in [5, 5.41) is 2.04. The highest BCUT2D eigenvalue weighted by Crippen LogP contribution is 2.31. The quantitative estimate of drug-likeness (QED) is 0.772. The fourth-order valence-corrected chi connectivity index (χ4v) is 3.14. The molecular formula is C13H17NO2S. The fourth-order valence-electron chi connectivity index (χ4n) is 2.26. The summed E-state index contributed by atoms with van der Waals surface area (Å²) in [7, 11) is 0. The van der Waals surface area contributed by atoms with Crippen molar-refractivity contribution >= 4 is 23.0 Å². The third kappa shape index (κ3) is 2.75. The van der Waals surface area contributed by atoms with Crippen molar-refractivity contribution in [1.82, 2.24) is 4.90 Å². The van der Waals surface area contributed by atoms with Crippen molar-refractivity contribution in [3.63, 3.8) is 0 Å². The molecular weight excluding hydrogens is 234 g/mol. The van der Waals surface area contributed by atoms with Crippen LogP contribution in [0.1, 0.15) is 43.5 Å². The molecule has 2 heterocycles. The zero-order valence-electron chi connectivity index (χ0n) is 10.0. The summed E-state index contributed by atoms with van der Waals surface area (Å²) >= 11 is 1.69. The third-order valence-electron chi connectivity index (χ3n) is 3.11. The first-order valence-corrected chi connectivity index (χ1v) is 6.95. The number of rotatable bonds is 4. The molecule has 1 aliphatic rings. The SMILES string of the molecule is CCCC(c1cccs1)N1CCC(=O)CC1=O. The van der Waals surface area contributed by atoms with E-state index in [-0.39, 0.29) is 24.2 Å². The average molecular weight is 251 g/mol. The molecule has 0 aliphatic carbocycles. The molecule has 1 aliphatic heterocycles. The van der Waals surface area contributed by atoms with Gasteiger partial charge in [-0.05, 0) is 17.9 Å². The predicted molar refractivity (Wildman–Crippen MR) is 67.9 cm³/mol. The number of Topliss-reactive ketones (excluding diaryl/α,β-unsaturated/α-hetero) is 1. The van der Waals surface area contributed by atoms with Gasteiger partial charge in [-0.1, -0.05) is 19.4 Å². The summed E-state index contributed by atoms with van der Waals surface area (Å²) in [5.41, 5.74) is 0. The number of piperidine rings is 1. The Balaban J connectivity index is 2.16. The van der Waals surface area contributed by atoms with E-state index >= 15 is 0 Å². The molecule has 1 aromatic rings. The number of ketones is 1. The molecule has 1 aromatic heterocycles. The van der Waals surface area contributed by atoms with Crippen LogP contribution in [0.3, 0.4) is 0 Å². The fraction of sp³-hybridized carbons (Fsp3) is 0.538. The molecule has 2 rings (SSSR count). The van der Waals surface area contributed by atoms with E-state index in [1.54, 1.807) is 11.3 Å². The Kier molecular flexibility index (Phi) is 3.94. The zero-order chi connectivity index (χ0) is 12.3. The summed E-state index contributed by atoms with van der Waals surface area (Å²) in [4.78, 5) is 26.3. The lowest BCUT2D eigenvalue weighted by molar-refractivity contribution is -0.141. The monoisotopic (exact) mass is 251 g/mol. The number of carbonyl (C=O) groups excluding carboxylic acids is 2. The zero-order valence-corrected chi connectivity index (χ0v) is 10.8. The summed E-state index contributed by atoms with van der Waals surface area (Å²) in [6.07, 6.45) is 2.61. The molecule has 4 heteroatoms. The first-order chi connectivity index (χ1) is 8.22. The molecule has 0 saturated carbocycles. The first-order valence-electron chi connectivity index (χ1n) is 6.07. The van der Waals surface area contributed by atoms with Gasteiger partial charge in [-0.15, -0.1) is 11.3 Å². The van der Waals surface area contributed by atoms with Gasteiger partial charge in [0.05, 0.1) is 12.5 Å². The lowest BCUT2D eigenvalue weighted by atomic mass is 10.0. The van der Waals surface area contributed by atoms with Crippen LogP contribution in [0.15, 0.2) is 17.5 Å². The Morgan fingerprint density at radius 3 is 2.88 bits per heavy atom. The van der Waals surface area contributed by atoms with Gasteiger partial charge in [0.15, 0.2) is 0 Å². The Bertz CT molecular complexity index is 400. The van der Waals surface area contributed by atoms with Crippen LogP contribution >= 0.6 is 11.3 Å². The molecule has 1 fully saturated rings. The highest BCUT2D eigenvalue weighted by atomic mass is 32.1. The van der Waals surface area contributed by atoms with Gasteiger partial charge in [0.1, 0.15) is 5.78 Å². The summed E-state index contributed by atoms with van der Waals surface area (Å²) in [5.74, 6) is 0.0702. The Morgan fingerprint density at radius 2 is 2.29 bits per heavy atom. The molecule has 0 bridgehead atoms. The van der Waals surface area contributed by atoms with Crippen LogP contribution < -0.4 is 0 Å². The van der Waals surface area contributed by atoms with E-state index in [4.69, 9.17) is 0 Å². The van der Waals surface area contributed by atoms with Gasteiger partial charge >= 0.3 is 0 Å². The molecule has 1 unspecified atom stereocenters. The Morgan fingerprint density at radius 1 is 1.47 bits per heavy atom. The highest BCUT2D eigenvalue weighted by Gasteiger charge is 2.30. The largest absolute Gasteiger partial charge is 0.334 e.